The lowest BCUT2D eigenvalue weighted by Crippen LogP contribution is -2.25. The molecule has 0 aliphatic heterocycles. The maximum atomic E-state index is 12.9. The number of amides is 1. The lowest BCUT2D eigenvalue weighted by molar-refractivity contribution is -0.116. The molecule has 4 rings (SSSR count). The number of fused-ring (bicyclic) bond motifs is 1. The van der Waals surface area contributed by atoms with Crippen molar-refractivity contribution in [2.45, 2.75) is 26.8 Å². The molecule has 0 fully saturated rings. The van der Waals surface area contributed by atoms with Gasteiger partial charge in [-0.25, -0.2) is 4.68 Å². The van der Waals surface area contributed by atoms with Crippen LogP contribution >= 0.6 is 23.2 Å². The SMILES string of the molecule is Cc1cc(=O)n(CCC(=O)Nc2cc(Cl)cc(Cl)c2)c2c1c(C)nn2-c1ccccc1. The molecule has 0 spiro atoms. The Bertz CT molecular complexity index is 1320. The third kappa shape index (κ3) is 4.36. The van der Waals surface area contributed by atoms with Crippen molar-refractivity contribution in [3.05, 3.63) is 86.3 Å². The number of aromatic nitrogens is 3. The molecule has 6 nitrogen and oxygen atoms in total. The van der Waals surface area contributed by atoms with Crippen LogP contribution in [0.4, 0.5) is 5.69 Å². The summed E-state index contributed by atoms with van der Waals surface area (Å²) in [6.07, 6.45) is 0.0984. The molecule has 2 aromatic carbocycles. The van der Waals surface area contributed by atoms with E-state index in [1.54, 1.807) is 33.5 Å². The fourth-order valence-corrected chi connectivity index (χ4v) is 4.22. The van der Waals surface area contributed by atoms with Crippen LogP contribution in [0.1, 0.15) is 17.7 Å². The van der Waals surface area contributed by atoms with Gasteiger partial charge in [-0.3, -0.25) is 14.2 Å². The molecule has 2 heterocycles. The monoisotopic (exact) mass is 454 g/mol. The Labute approximate surface area is 189 Å². The van der Waals surface area contributed by atoms with Gasteiger partial charge in [0.1, 0.15) is 5.65 Å². The Balaban J connectivity index is 1.69. The number of anilines is 1. The summed E-state index contributed by atoms with van der Waals surface area (Å²) in [7, 11) is 0. The van der Waals surface area contributed by atoms with Gasteiger partial charge in [0.25, 0.3) is 5.56 Å². The number of halogens is 2. The number of aryl methyl sites for hydroxylation is 3. The van der Waals surface area contributed by atoms with Crippen LogP contribution in [0.2, 0.25) is 10.0 Å². The van der Waals surface area contributed by atoms with E-state index in [-0.39, 0.29) is 24.4 Å². The van der Waals surface area contributed by atoms with Crippen molar-refractivity contribution in [2.24, 2.45) is 0 Å². The Hall–Kier alpha value is -3.09. The van der Waals surface area contributed by atoms with E-state index in [0.29, 0.717) is 21.4 Å². The van der Waals surface area contributed by atoms with Gasteiger partial charge in [0.15, 0.2) is 0 Å². The smallest absolute Gasteiger partial charge is 0.252 e. The third-order valence-electron chi connectivity index (χ3n) is 5.00. The number of nitrogens with zero attached hydrogens (tertiary/aromatic N) is 3. The van der Waals surface area contributed by atoms with Crippen molar-refractivity contribution in [3.8, 4) is 5.69 Å². The fraction of sp³-hybridized carbons (Fsp3) is 0.174. The van der Waals surface area contributed by atoms with E-state index in [1.807, 2.05) is 44.2 Å². The highest BCUT2D eigenvalue weighted by molar-refractivity contribution is 6.35. The van der Waals surface area contributed by atoms with Crippen LogP contribution in [0.3, 0.4) is 0 Å². The first-order valence-corrected chi connectivity index (χ1v) is 10.5. The molecule has 8 heteroatoms. The zero-order chi connectivity index (χ0) is 22.1. The second-order valence-corrected chi connectivity index (χ2v) is 8.18. The summed E-state index contributed by atoms with van der Waals surface area (Å²) in [5.74, 6) is -0.249. The predicted molar refractivity (Wildman–Crippen MR) is 125 cm³/mol. The average molecular weight is 455 g/mol. The molecule has 158 valence electrons. The second-order valence-electron chi connectivity index (χ2n) is 7.30. The van der Waals surface area contributed by atoms with E-state index < -0.39 is 0 Å². The van der Waals surface area contributed by atoms with Gasteiger partial charge in [0, 0.05) is 40.2 Å². The number of hydrogen-bond donors (Lipinski definition) is 1. The molecule has 0 atom stereocenters. The van der Waals surface area contributed by atoms with Crippen LogP contribution < -0.4 is 10.9 Å². The zero-order valence-electron chi connectivity index (χ0n) is 17.0. The number of nitrogens with one attached hydrogen (secondary N) is 1. The lowest BCUT2D eigenvalue weighted by atomic mass is 10.1. The minimum atomic E-state index is -0.249. The quantitative estimate of drug-likeness (QED) is 0.453. The van der Waals surface area contributed by atoms with Gasteiger partial charge in [-0.15, -0.1) is 0 Å². The number of carbonyl (C=O) groups excluding carboxylic acids is 1. The summed E-state index contributed by atoms with van der Waals surface area (Å²) in [6, 6.07) is 16.0. The van der Waals surface area contributed by atoms with E-state index in [2.05, 4.69) is 10.4 Å². The van der Waals surface area contributed by atoms with Crippen molar-refractivity contribution in [2.75, 3.05) is 5.32 Å². The van der Waals surface area contributed by atoms with E-state index >= 15 is 0 Å². The number of pyridine rings is 1. The highest BCUT2D eigenvalue weighted by Gasteiger charge is 2.17. The molecule has 0 saturated heterocycles. The number of benzene rings is 2. The Morgan fingerprint density at radius 3 is 2.39 bits per heavy atom. The number of para-hydroxylation sites is 1. The molecule has 2 aromatic heterocycles. The fourth-order valence-electron chi connectivity index (χ4n) is 3.69. The summed E-state index contributed by atoms with van der Waals surface area (Å²) in [5.41, 5.74) is 3.52. The standard InChI is InChI=1S/C23H20Cl2N4O2/c1-14-10-21(31)28(9-8-20(30)26-18-12-16(24)11-17(25)13-18)23-22(14)15(2)27-29(23)19-6-4-3-5-7-19/h3-7,10-13H,8-9H2,1-2H3,(H,26,30). The number of hydrogen-bond acceptors (Lipinski definition) is 3. The van der Waals surface area contributed by atoms with Crippen molar-refractivity contribution < 1.29 is 4.79 Å². The highest BCUT2D eigenvalue weighted by atomic mass is 35.5. The molecule has 4 aromatic rings. The minimum Gasteiger partial charge on any atom is -0.326 e. The average Bonchev–Trinajstić information content (AvgIpc) is 3.05. The Morgan fingerprint density at radius 2 is 1.71 bits per heavy atom. The minimum absolute atomic E-state index is 0.0984. The topological polar surface area (TPSA) is 68.9 Å². The molecule has 0 saturated carbocycles. The molecule has 1 N–H and O–H groups in total. The summed E-state index contributed by atoms with van der Waals surface area (Å²) in [5, 5.41) is 9.21. The predicted octanol–water partition coefficient (Wildman–Crippen LogP) is 5.14. The van der Waals surface area contributed by atoms with Crippen LogP contribution in [-0.4, -0.2) is 20.3 Å². The van der Waals surface area contributed by atoms with Crippen molar-refractivity contribution >= 4 is 45.8 Å². The molecule has 0 radical (unpaired) electrons. The highest BCUT2D eigenvalue weighted by Crippen LogP contribution is 2.25. The summed E-state index contributed by atoms with van der Waals surface area (Å²) >= 11 is 12.0. The van der Waals surface area contributed by atoms with E-state index in [9.17, 15) is 9.59 Å². The molecular weight excluding hydrogens is 435 g/mol. The summed E-state index contributed by atoms with van der Waals surface area (Å²) < 4.78 is 3.35. The van der Waals surface area contributed by atoms with Crippen LogP contribution in [0.5, 0.6) is 0 Å². The third-order valence-corrected chi connectivity index (χ3v) is 5.44. The molecule has 31 heavy (non-hydrogen) atoms. The van der Waals surface area contributed by atoms with Gasteiger partial charge < -0.3 is 5.32 Å². The van der Waals surface area contributed by atoms with Gasteiger partial charge >= 0.3 is 0 Å². The number of carbonyl (C=O) groups is 1. The van der Waals surface area contributed by atoms with E-state index in [4.69, 9.17) is 23.2 Å². The molecular formula is C23H20Cl2N4O2. The van der Waals surface area contributed by atoms with Crippen LogP contribution in [-0.2, 0) is 11.3 Å². The van der Waals surface area contributed by atoms with E-state index in [0.717, 1.165) is 22.3 Å². The van der Waals surface area contributed by atoms with Crippen LogP contribution in [0.25, 0.3) is 16.7 Å². The lowest BCUT2D eigenvalue weighted by Gasteiger charge is -2.12. The Kier molecular flexibility index (Phi) is 5.85. The summed E-state index contributed by atoms with van der Waals surface area (Å²) in [4.78, 5) is 25.4. The van der Waals surface area contributed by atoms with Crippen molar-refractivity contribution in [1.29, 1.82) is 0 Å². The van der Waals surface area contributed by atoms with Crippen molar-refractivity contribution in [1.82, 2.24) is 14.3 Å². The summed E-state index contributed by atoms with van der Waals surface area (Å²) in [6.45, 7) is 4.01. The van der Waals surface area contributed by atoms with Crippen LogP contribution in [0.15, 0.2) is 59.4 Å². The second kappa shape index (κ2) is 8.57. The van der Waals surface area contributed by atoms with Gasteiger partial charge in [0.05, 0.1) is 11.4 Å². The zero-order valence-corrected chi connectivity index (χ0v) is 18.5. The normalized spacial score (nSPS) is 11.1. The number of rotatable bonds is 5. The molecule has 0 bridgehead atoms. The Morgan fingerprint density at radius 1 is 1.03 bits per heavy atom. The molecule has 0 unspecified atom stereocenters. The maximum absolute atomic E-state index is 12.9. The first kappa shape index (κ1) is 21.2. The van der Waals surface area contributed by atoms with Gasteiger partial charge in [-0.1, -0.05) is 41.4 Å². The maximum Gasteiger partial charge on any atom is 0.252 e. The largest absolute Gasteiger partial charge is 0.326 e. The molecule has 0 aliphatic carbocycles. The van der Waals surface area contributed by atoms with Gasteiger partial charge in [-0.05, 0) is 49.7 Å². The first-order chi connectivity index (χ1) is 14.8. The molecule has 0 aliphatic rings. The van der Waals surface area contributed by atoms with Crippen LogP contribution in [0, 0.1) is 13.8 Å². The van der Waals surface area contributed by atoms with Gasteiger partial charge in [0.2, 0.25) is 5.91 Å². The molecule has 1 amide bonds. The first-order valence-electron chi connectivity index (χ1n) is 9.74. The van der Waals surface area contributed by atoms with E-state index in [1.165, 1.54) is 0 Å². The van der Waals surface area contributed by atoms with Gasteiger partial charge in [-0.2, -0.15) is 5.10 Å². The van der Waals surface area contributed by atoms with Crippen molar-refractivity contribution in [3.63, 3.8) is 0 Å².